The average Bonchev–Trinajstić information content (AvgIpc) is 3.29. The number of amides is 1. The highest BCUT2D eigenvalue weighted by Crippen LogP contribution is 2.19. The van der Waals surface area contributed by atoms with Crippen molar-refractivity contribution in [2.45, 2.75) is 25.3 Å². The molecule has 0 unspecified atom stereocenters. The van der Waals surface area contributed by atoms with Gasteiger partial charge in [0.2, 0.25) is 5.91 Å². The third kappa shape index (κ3) is 4.28. The lowest BCUT2D eigenvalue weighted by atomic mass is 10.0. The number of carbonyl (C=O) groups is 2. The normalized spacial score (nSPS) is 12.0. The van der Waals surface area contributed by atoms with Gasteiger partial charge in [-0.2, -0.15) is 11.3 Å². The molecular formula is C19H20N2O3S. The minimum Gasteiger partial charge on any atom is -0.467 e. The van der Waals surface area contributed by atoms with Gasteiger partial charge in [0.25, 0.3) is 0 Å². The van der Waals surface area contributed by atoms with E-state index in [4.69, 9.17) is 4.74 Å². The van der Waals surface area contributed by atoms with Crippen molar-refractivity contribution in [3.63, 3.8) is 0 Å². The molecule has 1 atom stereocenters. The van der Waals surface area contributed by atoms with Gasteiger partial charge in [-0.25, -0.2) is 4.79 Å². The number of aromatic amines is 1. The van der Waals surface area contributed by atoms with Crippen LogP contribution < -0.4 is 5.32 Å². The van der Waals surface area contributed by atoms with E-state index < -0.39 is 12.0 Å². The Morgan fingerprint density at radius 1 is 1.28 bits per heavy atom. The van der Waals surface area contributed by atoms with Crippen LogP contribution in [0.3, 0.4) is 0 Å². The maximum absolute atomic E-state index is 12.2. The quantitative estimate of drug-likeness (QED) is 0.639. The fourth-order valence-electron chi connectivity index (χ4n) is 2.82. The summed E-state index contributed by atoms with van der Waals surface area (Å²) < 4.78 is 4.86. The number of rotatable bonds is 7. The Morgan fingerprint density at radius 2 is 2.12 bits per heavy atom. The summed E-state index contributed by atoms with van der Waals surface area (Å²) in [4.78, 5) is 27.5. The molecule has 3 rings (SSSR count). The number of H-pyrrole nitrogens is 1. The van der Waals surface area contributed by atoms with Crippen LogP contribution in [0.15, 0.2) is 47.3 Å². The van der Waals surface area contributed by atoms with Gasteiger partial charge in [-0.1, -0.05) is 18.2 Å². The van der Waals surface area contributed by atoms with Gasteiger partial charge in [0, 0.05) is 29.9 Å². The minimum absolute atomic E-state index is 0.151. The zero-order chi connectivity index (χ0) is 17.6. The van der Waals surface area contributed by atoms with Crippen LogP contribution >= 0.6 is 11.3 Å². The molecule has 0 radical (unpaired) electrons. The molecule has 5 nitrogen and oxygen atoms in total. The van der Waals surface area contributed by atoms with E-state index in [1.54, 1.807) is 11.3 Å². The summed E-state index contributed by atoms with van der Waals surface area (Å²) in [6, 6.07) is 9.18. The molecule has 0 saturated carbocycles. The fourth-order valence-corrected chi connectivity index (χ4v) is 3.52. The number of methoxy groups -OCH3 is 1. The second-order valence-corrected chi connectivity index (χ2v) is 6.62. The van der Waals surface area contributed by atoms with Crippen molar-refractivity contribution in [3.8, 4) is 0 Å². The van der Waals surface area contributed by atoms with Crippen molar-refractivity contribution < 1.29 is 14.3 Å². The monoisotopic (exact) mass is 356 g/mol. The maximum Gasteiger partial charge on any atom is 0.328 e. The molecule has 1 amide bonds. The minimum atomic E-state index is -0.695. The molecule has 0 aliphatic heterocycles. The smallest absolute Gasteiger partial charge is 0.328 e. The van der Waals surface area contributed by atoms with Crippen LogP contribution in [0.1, 0.15) is 17.5 Å². The predicted octanol–water partition coefficient (Wildman–Crippen LogP) is 3.06. The second kappa shape index (κ2) is 7.98. The van der Waals surface area contributed by atoms with Crippen molar-refractivity contribution in [2.75, 3.05) is 7.11 Å². The number of hydrogen-bond donors (Lipinski definition) is 2. The topological polar surface area (TPSA) is 71.2 Å². The van der Waals surface area contributed by atoms with E-state index in [1.807, 2.05) is 47.3 Å². The van der Waals surface area contributed by atoms with Gasteiger partial charge in [-0.3, -0.25) is 4.79 Å². The molecule has 2 heterocycles. The lowest BCUT2D eigenvalue weighted by Crippen LogP contribution is -2.43. The van der Waals surface area contributed by atoms with E-state index in [9.17, 15) is 9.59 Å². The molecule has 3 aromatic rings. The van der Waals surface area contributed by atoms with E-state index in [2.05, 4.69) is 10.3 Å². The summed E-state index contributed by atoms with van der Waals surface area (Å²) in [7, 11) is 1.34. The van der Waals surface area contributed by atoms with Gasteiger partial charge in [-0.05, 0) is 40.4 Å². The molecule has 2 aromatic heterocycles. The van der Waals surface area contributed by atoms with Crippen LogP contribution in [-0.2, 0) is 27.2 Å². The van der Waals surface area contributed by atoms with Crippen molar-refractivity contribution in [2.24, 2.45) is 0 Å². The molecule has 0 fully saturated rings. The number of fused-ring (bicyclic) bond motifs is 1. The zero-order valence-corrected chi connectivity index (χ0v) is 14.8. The fraction of sp³-hybridized carbons (Fsp3) is 0.263. The first-order valence-corrected chi connectivity index (χ1v) is 9.05. The van der Waals surface area contributed by atoms with Crippen molar-refractivity contribution in [1.29, 1.82) is 0 Å². The van der Waals surface area contributed by atoms with Crippen LogP contribution in [-0.4, -0.2) is 30.0 Å². The molecule has 0 saturated heterocycles. The third-order valence-electron chi connectivity index (χ3n) is 4.14. The Kier molecular flexibility index (Phi) is 5.50. The summed E-state index contributed by atoms with van der Waals surface area (Å²) in [6.45, 7) is 0. The number of ether oxygens (including phenoxy) is 1. The van der Waals surface area contributed by atoms with Crippen LogP contribution in [0.2, 0.25) is 0 Å². The number of carbonyl (C=O) groups excluding carboxylic acids is 2. The molecule has 130 valence electrons. The van der Waals surface area contributed by atoms with E-state index >= 15 is 0 Å². The van der Waals surface area contributed by atoms with Crippen molar-refractivity contribution in [1.82, 2.24) is 10.3 Å². The summed E-state index contributed by atoms with van der Waals surface area (Å²) >= 11 is 1.61. The van der Waals surface area contributed by atoms with Gasteiger partial charge in [0.1, 0.15) is 6.04 Å². The van der Waals surface area contributed by atoms with E-state index in [1.165, 1.54) is 7.11 Å². The van der Waals surface area contributed by atoms with Gasteiger partial charge in [-0.15, -0.1) is 0 Å². The standard InChI is InChI=1S/C19H20N2O3S/c1-24-19(23)17(21-18(22)7-6-13-8-9-25-12-13)10-14-11-20-16-5-3-2-4-15(14)16/h2-5,8-9,11-12,17,20H,6-7,10H2,1H3,(H,21,22)/t17-/m1/s1. The lowest BCUT2D eigenvalue weighted by Gasteiger charge is -2.16. The Morgan fingerprint density at radius 3 is 2.88 bits per heavy atom. The Hall–Kier alpha value is -2.60. The highest BCUT2D eigenvalue weighted by Gasteiger charge is 2.23. The molecule has 0 aliphatic carbocycles. The molecular weight excluding hydrogens is 336 g/mol. The molecule has 6 heteroatoms. The first kappa shape index (κ1) is 17.2. The van der Waals surface area contributed by atoms with Crippen LogP contribution in [0.25, 0.3) is 10.9 Å². The highest BCUT2D eigenvalue weighted by molar-refractivity contribution is 7.07. The van der Waals surface area contributed by atoms with Gasteiger partial charge < -0.3 is 15.0 Å². The van der Waals surface area contributed by atoms with Gasteiger partial charge in [0.15, 0.2) is 0 Å². The molecule has 0 spiro atoms. The Bertz CT molecular complexity index is 855. The number of esters is 1. The number of aryl methyl sites for hydroxylation is 1. The van der Waals surface area contributed by atoms with Crippen LogP contribution in [0, 0.1) is 0 Å². The van der Waals surface area contributed by atoms with E-state index in [0.717, 1.165) is 22.0 Å². The summed E-state index contributed by atoms with van der Waals surface area (Å²) in [5, 5.41) is 7.87. The largest absolute Gasteiger partial charge is 0.467 e. The summed E-state index contributed by atoms with van der Waals surface area (Å²) in [5.74, 6) is -0.587. The average molecular weight is 356 g/mol. The SMILES string of the molecule is COC(=O)[C@@H](Cc1c[nH]c2ccccc12)NC(=O)CCc1ccsc1. The molecule has 0 bridgehead atoms. The first-order chi connectivity index (χ1) is 12.2. The number of thiophene rings is 1. The third-order valence-corrected chi connectivity index (χ3v) is 4.87. The maximum atomic E-state index is 12.2. The molecule has 2 N–H and O–H groups in total. The van der Waals surface area contributed by atoms with E-state index in [-0.39, 0.29) is 5.91 Å². The number of benzene rings is 1. The van der Waals surface area contributed by atoms with Crippen LogP contribution in [0.4, 0.5) is 0 Å². The summed E-state index contributed by atoms with van der Waals surface area (Å²) in [6.07, 6.45) is 3.27. The number of para-hydroxylation sites is 1. The Labute approximate surface area is 150 Å². The number of aromatic nitrogens is 1. The van der Waals surface area contributed by atoms with Gasteiger partial charge >= 0.3 is 5.97 Å². The zero-order valence-electron chi connectivity index (χ0n) is 14.0. The number of nitrogens with one attached hydrogen (secondary N) is 2. The first-order valence-electron chi connectivity index (χ1n) is 8.10. The number of hydrogen-bond acceptors (Lipinski definition) is 4. The van der Waals surface area contributed by atoms with Crippen molar-refractivity contribution >= 4 is 34.1 Å². The second-order valence-electron chi connectivity index (χ2n) is 5.84. The molecule has 25 heavy (non-hydrogen) atoms. The summed E-state index contributed by atoms with van der Waals surface area (Å²) in [5.41, 5.74) is 3.11. The highest BCUT2D eigenvalue weighted by atomic mass is 32.1. The molecule has 0 aliphatic rings. The van der Waals surface area contributed by atoms with Crippen LogP contribution in [0.5, 0.6) is 0 Å². The predicted molar refractivity (Wildman–Crippen MR) is 98.6 cm³/mol. The van der Waals surface area contributed by atoms with E-state index in [0.29, 0.717) is 19.3 Å². The van der Waals surface area contributed by atoms with Gasteiger partial charge in [0.05, 0.1) is 7.11 Å². The molecule has 1 aromatic carbocycles. The Balaban J connectivity index is 1.67. The van der Waals surface area contributed by atoms with Crippen molar-refractivity contribution in [3.05, 3.63) is 58.4 Å². The lowest BCUT2D eigenvalue weighted by molar-refractivity contribution is -0.145.